The maximum Gasteiger partial charge on any atom is 0.187 e. The molecule has 0 bridgehead atoms. The highest BCUT2D eigenvalue weighted by Crippen LogP contribution is 2.17. The molecule has 0 aromatic heterocycles. The normalized spacial score (nSPS) is 13.5. The predicted octanol–water partition coefficient (Wildman–Crippen LogP) is 1.00. The van der Waals surface area contributed by atoms with Crippen LogP contribution in [0, 0.1) is 6.57 Å². The molecule has 0 aliphatic rings. The summed E-state index contributed by atoms with van der Waals surface area (Å²) >= 11 is 0. The Morgan fingerprint density at radius 2 is 1.65 bits per heavy atom. The van der Waals surface area contributed by atoms with Crippen molar-refractivity contribution in [3.05, 3.63) is 35.7 Å². The first kappa shape index (κ1) is 16.4. The molecule has 110 valence electrons. The Morgan fingerprint density at radius 1 is 1.05 bits per heavy atom. The first-order valence-corrected chi connectivity index (χ1v) is 6.19. The van der Waals surface area contributed by atoms with Crippen molar-refractivity contribution in [2.75, 3.05) is 33.5 Å². The molecule has 0 aliphatic heterocycles. The van der Waals surface area contributed by atoms with E-state index in [0.29, 0.717) is 11.4 Å². The molecule has 1 rings (SSSR count). The number of ether oxygens (including phenoxy) is 3. The fourth-order valence-electron chi connectivity index (χ4n) is 1.44. The molecule has 6 heteroatoms. The number of aliphatic hydroxyl groups excluding tert-OH is 2. The van der Waals surface area contributed by atoms with E-state index in [1.807, 2.05) is 0 Å². The van der Waals surface area contributed by atoms with Gasteiger partial charge in [0.2, 0.25) is 0 Å². The van der Waals surface area contributed by atoms with Crippen LogP contribution in [0.4, 0.5) is 5.69 Å². The standard InChI is InChI=1S/C14H19NO5/c1-15-11-3-5-14(6-4-11)20-10-13(17)9-19-8-12(16)7-18-2/h3-6,12-13,16-17H,7-10H2,2H3. The van der Waals surface area contributed by atoms with Crippen molar-refractivity contribution in [1.29, 1.82) is 0 Å². The lowest BCUT2D eigenvalue weighted by molar-refractivity contribution is -0.0394. The Morgan fingerprint density at radius 3 is 2.20 bits per heavy atom. The van der Waals surface area contributed by atoms with Gasteiger partial charge in [0.1, 0.15) is 24.6 Å². The average molecular weight is 281 g/mol. The van der Waals surface area contributed by atoms with E-state index in [1.165, 1.54) is 7.11 Å². The number of aliphatic hydroxyl groups is 2. The molecule has 0 spiro atoms. The molecule has 1 aromatic rings. The zero-order valence-electron chi connectivity index (χ0n) is 11.4. The second-order valence-electron chi connectivity index (χ2n) is 4.22. The molecule has 0 aliphatic carbocycles. The van der Waals surface area contributed by atoms with Crippen LogP contribution in [0.2, 0.25) is 0 Å². The first-order valence-electron chi connectivity index (χ1n) is 6.19. The van der Waals surface area contributed by atoms with Crippen molar-refractivity contribution in [2.24, 2.45) is 0 Å². The van der Waals surface area contributed by atoms with Gasteiger partial charge in [-0.3, -0.25) is 0 Å². The molecule has 0 amide bonds. The monoisotopic (exact) mass is 281 g/mol. The van der Waals surface area contributed by atoms with Gasteiger partial charge in [-0.15, -0.1) is 0 Å². The smallest absolute Gasteiger partial charge is 0.187 e. The summed E-state index contributed by atoms with van der Waals surface area (Å²) in [5, 5.41) is 19.0. The van der Waals surface area contributed by atoms with Gasteiger partial charge in [0.25, 0.3) is 0 Å². The van der Waals surface area contributed by atoms with Crippen LogP contribution in [-0.4, -0.2) is 56.0 Å². The van der Waals surface area contributed by atoms with Gasteiger partial charge in [-0.1, -0.05) is 12.1 Å². The number of rotatable bonds is 9. The largest absolute Gasteiger partial charge is 0.491 e. The van der Waals surface area contributed by atoms with E-state index in [-0.39, 0.29) is 26.4 Å². The van der Waals surface area contributed by atoms with Crippen molar-refractivity contribution < 1.29 is 24.4 Å². The van der Waals surface area contributed by atoms with Crippen molar-refractivity contribution in [3.8, 4) is 5.75 Å². The summed E-state index contributed by atoms with van der Waals surface area (Å²) in [7, 11) is 1.49. The molecule has 0 radical (unpaired) electrons. The van der Waals surface area contributed by atoms with Gasteiger partial charge in [-0.25, -0.2) is 4.85 Å². The Kier molecular flexibility index (Phi) is 7.62. The van der Waals surface area contributed by atoms with Crippen molar-refractivity contribution in [1.82, 2.24) is 0 Å². The third-order valence-corrected chi connectivity index (χ3v) is 2.39. The van der Waals surface area contributed by atoms with E-state index < -0.39 is 12.2 Å². The molecule has 2 atom stereocenters. The van der Waals surface area contributed by atoms with Crippen LogP contribution in [0.3, 0.4) is 0 Å². The Bertz CT molecular complexity index is 415. The lowest BCUT2D eigenvalue weighted by atomic mass is 10.3. The minimum atomic E-state index is -0.787. The zero-order chi connectivity index (χ0) is 14.8. The van der Waals surface area contributed by atoms with Crippen LogP contribution in [0.5, 0.6) is 5.75 Å². The molecular weight excluding hydrogens is 262 g/mol. The van der Waals surface area contributed by atoms with Gasteiger partial charge in [0.15, 0.2) is 5.69 Å². The summed E-state index contributed by atoms with van der Waals surface area (Å²) in [5.74, 6) is 0.580. The SMILES string of the molecule is [C-]#[N+]c1ccc(OCC(O)COCC(O)COC)cc1. The van der Waals surface area contributed by atoms with Gasteiger partial charge < -0.3 is 24.4 Å². The highest BCUT2D eigenvalue weighted by atomic mass is 16.5. The minimum Gasteiger partial charge on any atom is -0.491 e. The number of hydrogen-bond acceptors (Lipinski definition) is 5. The van der Waals surface area contributed by atoms with Crippen molar-refractivity contribution >= 4 is 5.69 Å². The van der Waals surface area contributed by atoms with E-state index in [9.17, 15) is 10.2 Å². The molecule has 6 nitrogen and oxygen atoms in total. The van der Waals surface area contributed by atoms with Crippen LogP contribution in [-0.2, 0) is 9.47 Å². The fraction of sp³-hybridized carbons (Fsp3) is 0.500. The molecule has 0 heterocycles. The van der Waals surface area contributed by atoms with Crippen LogP contribution in [0.15, 0.2) is 24.3 Å². The van der Waals surface area contributed by atoms with Gasteiger partial charge in [-0.05, 0) is 12.1 Å². The van der Waals surface area contributed by atoms with Crippen LogP contribution in [0.25, 0.3) is 4.85 Å². The molecular formula is C14H19NO5. The van der Waals surface area contributed by atoms with Gasteiger partial charge in [0.05, 0.1) is 26.4 Å². The second kappa shape index (κ2) is 9.28. The fourth-order valence-corrected chi connectivity index (χ4v) is 1.44. The Hall–Kier alpha value is -1.65. The lowest BCUT2D eigenvalue weighted by Gasteiger charge is -2.14. The summed E-state index contributed by atoms with van der Waals surface area (Å²) < 4.78 is 15.2. The third kappa shape index (κ3) is 6.50. The molecule has 2 unspecified atom stereocenters. The maximum atomic E-state index is 9.64. The number of hydrogen-bond donors (Lipinski definition) is 2. The zero-order valence-corrected chi connectivity index (χ0v) is 11.4. The first-order chi connectivity index (χ1) is 9.65. The molecule has 2 N–H and O–H groups in total. The Balaban J connectivity index is 2.19. The Labute approximate surface area is 118 Å². The molecule has 0 saturated heterocycles. The quantitative estimate of drug-likeness (QED) is 0.661. The van der Waals surface area contributed by atoms with E-state index in [2.05, 4.69) is 4.85 Å². The summed E-state index contributed by atoms with van der Waals surface area (Å²) in [6.07, 6.45) is -1.49. The third-order valence-electron chi connectivity index (χ3n) is 2.39. The maximum absolute atomic E-state index is 9.64. The highest BCUT2D eigenvalue weighted by molar-refractivity contribution is 5.46. The molecule has 1 aromatic carbocycles. The number of methoxy groups -OCH3 is 1. The summed E-state index contributed by atoms with van der Waals surface area (Å²) in [6, 6.07) is 6.63. The molecule has 0 saturated carbocycles. The summed E-state index contributed by atoms with van der Waals surface area (Å²) in [5.41, 5.74) is 0.536. The summed E-state index contributed by atoms with van der Waals surface area (Å²) in [4.78, 5) is 3.27. The van der Waals surface area contributed by atoms with E-state index in [0.717, 1.165) is 0 Å². The van der Waals surface area contributed by atoms with Gasteiger partial charge in [-0.2, -0.15) is 0 Å². The topological polar surface area (TPSA) is 72.5 Å². The minimum absolute atomic E-state index is 0.0703. The molecule has 20 heavy (non-hydrogen) atoms. The van der Waals surface area contributed by atoms with Gasteiger partial charge >= 0.3 is 0 Å². The second-order valence-corrected chi connectivity index (χ2v) is 4.22. The number of benzene rings is 1. The molecule has 0 fully saturated rings. The number of nitrogens with zero attached hydrogens (tertiary/aromatic N) is 1. The van der Waals surface area contributed by atoms with Crippen LogP contribution >= 0.6 is 0 Å². The predicted molar refractivity (Wildman–Crippen MR) is 72.9 cm³/mol. The summed E-state index contributed by atoms with van der Waals surface area (Å²) in [6.45, 7) is 7.27. The van der Waals surface area contributed by atoms with Crippen LogP contribution in [0.1, 0.15) is 0 Å². The van der Waals surface area contributed by atoms with Crippen molar-refractivity contribution in [2.45, 2.75) is 12.2 Å². The van der Waals surface area contributed by atoms with Crippen molar-refractivity contribution in [3.63, 3.8) is 0 Å². The van der Waals surface area contributed by atoms with E-state index in [4.69, 9.17) is 20.8 Å². The average Bonchev–Trinajstić information content (AvgIpc) is 2.46. The van der Waals surface area contributed by atoms with E-state index in [1.54, 1.807) is 24.3 Å². The lowest BCUT2D eigenvalue weighted by Crippen LogP contribution is -2.27. The van der Waals surface area contributed by atoms with Gasteiger partial charge in [0, 0.05) is 7.11 Å². The van der Waals surface area contributed by atoms with E-state index >= 15 is 0 Å². The van der Waals surface area contributed by atoms with Crippen LogP contribution < -0.4 is 4.74 Å². The highest BCUT2D eigenvalue weighted by Gasteiger charge is 2.08.